The van der Waals surface area contributed by atoms with Gasteiger partial charge in [0, 0.05) is 66.6 Å². The summed E-state index contributed by atoms with van der Waals surface area (Å²) < 4.78 is 14.5. The SMILES string of the molecule is O=C(Nc1cc(Nc2cc(-c3cc(Cl)ccc3F)nnc2SCCO)ncn1)C1CC(N2CCN(C3CC3)CC2)C1. The van der Waals surface area contributed by atoms with E-state index in [-0.39, 0.29) is 29.7 Å². The first-order chi connectivity index (χ1) is 20.0. The van der Waals surface area contributed by atoms with Gasteiger partial charge in [-0.1, -0.05) is 11.6 Å². The summed E-state index contributed by atoms with van der Waals surface area (Å²) in [6.45, 7) is 4.41. The van der Waals surface area contributed by atoms with Crippen LogP contribution in [0.1, 0.15) is 25.7 Å². The van der Waals surface area contributed by atoms with Gasteiger partial charge in [0.15, 0.2) is 0 Å². The Hall–Kier alpha value is -2.90. The Morgan fingerprint density at radius 1 is 1.02 bits per heavy atom. The summed E-state index contributed by atoms with van der Waals surface area (Å²) in [6, 6.07) is 8.82. The van der Waals surface area contributed by atoms with E-state index in [2.05, 4.69) is 40.6 Å². The molecule has 0 spiro atoms. The fourth-order valence-electron chi connectivity index (χ4n) is 5.41. The van der Waals surface area contributed by atoms with Gasteiger partial charge in [-0.2, -0.15) is 0 Å². The van der Waals surface area contributed by atoms with E-state index in [1.165, 1.54) is 49.1 Å². The lowest BCUT2D eigenvalue weighted by atomic mass is 9.78. The average molecular weight is 599 g/mol. The molecule has 3 aliphatic rings. The molecule has 1 aromatic carbocycles. The first-order valence-corrected chi connectivity index (χ1v) is 15.3. The number of anilines is 3. The maximum absolute atomic E-state index is 14.5. The number of thioether (sulfide) groups is 1. The number of halogens is 2. The van der Waals surface area contributed by atoms with Crippen LogP contribution >= 0.6 is 23.4 Å². The maximum Gasteiger partial charge on any atom is 0.228 e. The minimum atomic E-state index is -0.476. The van der Waals surface area contributed by atoms with Crippen LogP contribution in [0.3, 0.4) is 0 Å². The summed E-state index contributed by atoms with van der Waals surface area (Å²) in [5.41, 5.74) is 1.02. The monoisotopic (exact) mass is 598 g/mol. The van der Waals surface area contributed by atoms with Crippen LogP contribution in [-0.4, -0.2) is 91.6 Å². The third kappa shape index (κ3) is 6.78. The van der Waals surface area contributed by atoms with Crippen molar-refractivity contribution in [3.8, 4) is 11.3 Å². The number of aromatic nitrogens is 4. The molecule has 3 heterocycles. The molecule has 3 fully saturated rings. The first kappa shape index (κ1) is 28.2. The molecular formula is C28H32ClFN8O2S. The van der Waals surface area contributed by atoms with E-state index >= 15 is 0 Å². The van der Waals surface area contributed by atoms with Gasteiger partial charge in [0.25, 0.3) is 0 Å². The molecular weight excluding hydrogens is 567 g/mol. The number of amides is 1. The largest absolute Gasteiger partial charge is 0.396 e. The van der Waals surface area contributed by atoms with Gasteiger partial charge in [-0.3, -0.25) is 14.6 Å². The number of hydrogen-bond acceptors (Lipinski definition) is 10. The molecule has 13 heteroatoms. The van der Waals surface area contributed by atoms with Gasteiger partial charge in [0.1, 0.15) is 28.8 Å². The number of aliphatic hydroxyl groups excluding tert-OH is 1. The van der Waals surface area contributed by atoms with E-state index in [1.807, 2.05) is 0 Å². The summed E-state index contributed by atoms with van der Waals surface area (Å²) in [4.78, 5) is 26.6. The summed E-state index contributed by atoms with van der Waals surface area (Å²) in [5, 5.41) is 24.7. The summed E-state index contributed by atoms with van der Waals surface area (Å²) >= 11 is 7.38. The van der Waals surface area contributed by atoms with Crippen LogP contribution in [0, 0.1) is 11.7 Å². The Morgan fingerprint density at radius 2 is 1.76 bits per heavy atom. The number of nitrogens with one attached hydrogen (secondary N) is 2. The van der Waals surface area contributed by atoms with Crippen LogP contribution < -0.4 is 10.6 Å². The van der Waals surface area contributed by atoms with E-state index in [1.54, 1.807) is 12.1 Å². The van der Waals surface area contributed by atoms with Gasteiger partial charge in [-0.05, 0) is 49.9 Å². The fraction of sp³-hybridized carbons (Fsp3) is 0.464. The molecule has 10 nitrogen and oxygen atoms in total. The van der Waals surface area contributed by atoms with Crippen LogP contribution in [-0.2, 0) is 4.79 Å². The highest BCUT2D eigenvalue weighted by atomic mass is 35.5. The van der Waals surface area contributed by atoms with Gasteiger partial charge in [0.05, 0.1) is 18.0 Å². The smallest absolute Gasteiger partial charge is 0.228 e. The molecule has 0 unspecified atom stereocenters. The molecule has 3 aromatic rings. The van der Waals surface area contributed by atoms with E-state index < -0.39 is 5.82 Å². The summed E-state index contributed by atoms with van der Waals surface area (Å²) in [7, 11) is 0. The first-order valence-electron chi connectivity index (χ1n) is 13.9. The third-order valence-corrected chi connectivity index (χ3v) is 9.08. The van der Waals surface area contributed by atoms with Crippen molar-refractivity contribution in [2.75, 3.05) is 49.2 Å². The third-order valence-electron chi connectivity index (χ3n) is 7.89. The topological polar surface area (TPSA) is 119 Å². The van der Waals surface area contributed by atoms with E-state index in [4.69, 9.17) is 11.6 Å². The van der Waals surface area contributed by atoms with Crippen molar-refractivity contribution in [2.24, 2.45) is 5.92 Å². The van der Waals surface area contributed by atoms with Crippen molar-refractivity contribution in [2.45, 2.75) is 42.8 Å². The Kier molecular flexibility index (Phi) is 8.63. The van der Waals surface area contributed by atoms with Gasteiger partial charge < -0.3 is 15.7 Å². The molecule has 0 atom stereocenters. The Balaban J connectivity index is 1.09. The highest BCUT2D eigenvalue weighted by Crippen LogP contribution is 2.35. The molecule has 1 saturated heterocycles. The molecule has 6 rings (SSSR count). The lowest BCUT2D eigenvalue weighted by Gasteiger charge is -2.46. The van der Waals surface area contributed by atoms with Crippen molar-refractivity contribution in [1.29, 1.82) is 0 Å². The Bertz CT molecular complexity index is 1400. The molecule has 3 N–H and O–H groups in total. The van der Waals surface area contributed by atoms with Crippen LogP contribution in [0.2, 0.25) is 5.02 Å². The lowest BCUT2D eigenvalue weighted by Crippen LogP contribution is -2.55. The van der Waals surface area contributed by atoms with Gasteiger partial charge in [0.2, 0.25) is 5.91 Å². The Labute approximate surface area is 247 Å². The number of carbonyl (C=O) groups is 1. The predicted octanol–water partition coefficient (Wildman–Crippen LogP) is 4.05. The highest BCUT2D eigenvalue weighted by molar-refractivity contribution is 7.99. The molecule has 216 valence electrons. The number of nitrogens with zero attached hydrogens (tertiary/aromatic N) is 6. The maximum atomic E-state index is 14.5. The molecule has 2 aliphatic carbocycles. The minimum absolute atomic E-state index is 0.0335. The second-order valence-corrected chi connectivity index (χ2v) is 12.2. The second-order valence-electron chi connectivity index (χ2n) is 10.7. The van der Waals surface area contributed by atoms with Crippen molar-refractivity contribution in [3.63, 3.8) is 0 Å². The van der Waals surface area contributed by atoms with Crippen molar-refractivity contribution in [1.82, 2.24) is 30.0 Å². The van der Waals surface area contributed by atoms with E-state index in [0.29, 0.717) is 39.2 Å². The number of piperazine rings is 1. The molecule has 0 radical (unpaired) electrons. The zero-order valence-electron chi connectivity index (χ0n) is 22.5. The van der Waals surface area contributed by atoms with E-state index in [9.17, 15) is 14.3 Å². The average Bonchev–Trinajstić information content (AvgIpc) is 3.79. The standard InChI is InChI=1S/C28H32ClFN8O2S/c29-18-1-4-22(30)21(13-18)23-14-24(28(36-35-23)41-10-9-39)33-25-15-26(32-16-31-25)34-27(40)17-11-20(12-17)38-7-5-37(6-8-38)19-2-3-19/h1,4,13-17,19-20,39H,2-3,5-12H2,(H2,31,32,33,34,35,40). The molecule has 2 aromatic heterocycles. The number of carbonyl (C=O) groups excluding carboxylic acids is 1. The Morgan fingerprint density at radius 3 is 2.49 bits per heavy atom. The number of hydrogen-bond donors (Lipinski definition) is 3. The minimum Gasteiger partial charge on any atom is -0.396 e. The number of benzene rings is 1. The summed E-state index contributed by atoms with van der Waals surface area (Å²) in [6.07, 6.45) is 5.79. The zero-order chi connectivity index (χ0) is 28.3. The van der Waals surface area contributed by atoms with Crippen LogP contribution in [0.4, 0.5) is 21.7 Å². The number of aliphatic hydroxyl groups is 1. The summed E-state index contributed by atoms with van der Waals surface area (Å²) in [5.74, 6) is 0.669. The van der Waals surface area contributed by atoms with Crippen molar-refractivity contribution < 1.29 is 14.3 Å². The van der Waals surface area contributed by atoms with Crippen LogP contribution in [0.5, 0.6) is 0 Å². The second kappa shape index (κ2) is 12.5. The fourth-order valence-corrected chi connectivity index (χ4v) is 6.23. The molecule has 1 amide bonds. The van der Waals surface area contributed by atoms with E-state index in [0.717, 1.165) is 45.1 Å². The van der Waals surface area contributed by atoms with Crippen LogP contribution in [0.25, 0.3) is 11.3 Å². The zero-order valence-corrected chi connectivity index (χ0v) is 24.0. The number of rotatable bonds is 10. The predicted molar refractivity (Wildman–Crippen MR) is 157 cm³/mol. The van der Waals surface area contributed by atoms with Gasteiger partial charge in [-0.15, -0.1) is 22.0 Å². The van der Waals surface area contributed by atoms with Crippen molar-refractivity contribution >= 4 is 46.6 Å². The highest BCUT2D eigenvalue weighted by Gasteiger charge is 2.40. The van der Waals surface area contributed by atoms with Crippen molar-refractivity contribution in [3.05, 3.63) is 47.5 Å². The van der Waals surface area contributed by atoms with Gasteiger partial charge >= 0.3 is 0 Å². The normalized spacial score (nSPS) is 21.3. The van der Waals surface area contributed by atoms with Gasteiger partial charge in [-0.25, -0.2) is 14.4 Å². The molecule has 0 bridgehead atoms. The molecule has 1 aliphatic heterocycles. The molecule has 2 saturated carbocycles. The molecule has 41 heavy (non-hydrogen) atoms. The lowest BCUT2D eigenvalue weighted by molar-refractivity contribution is -0.124. The van der Waals surface area contributed by atoms with Crippen LogP contribution in [0.15, 0.2) is 41.7 Å². The quantitative estimate of drug-likeness (QED) is 0.295.